The van der Waals surface area contributed by atoms with E-state index in [4.69, 9.17) is 4.74 Å². The lowest BCUT2D eigenvalue weighted by Gasteiger charge is -2.01. The number of esters is 1. The summed E-state index contributed by atoms with van der Waals surface area (Å²) in [4.78, 5) is 21.1. The van der Waals surface area contributed by atoms with Gasteiger partial charge in [-0.2, -0.15) is 5.10 Å². The van der Waals surface area contributed by atoms with Crippen molar-refractivity contribution in [2.45, 2.75) is 6.92 Å². The minimum Gasteiger partial charge on any atom is -0.461 e. The van der Waals surface area contributed by atoms with Crippen molar-refractivity contribution < 1.29 is 14.5 Å². The second-order valence-corrected chi connectivity index (χ2v) is 3.79. The number of hydrogen-bond donors (Lipinski definition) is 1. The first-order valence-corrected chi connectivity index (χ1v) is 5.74. The van der Waals surface area contributed by atoms with Crippen LogP contribution in [0.5, 0.6) is 0 Å². The third-order valence-corrected chi connectivity index (χ3v) is 2.31. The van der Waals surface area contributed by atoms with Gasteiger partial charge in [0.25, 0.3) is 5.69 Å². The van der Waals surface area contributed by atoms with Crippen molar-refractivity contribution in [2.24, 2.45) is 5.10 Å². The smallest absolute Gasteiger partial charge is 0.366 e. The summed E-state index contributed by atoms with van der Waals surface area (Å²) in [6.45, 7) is 1.93. The molecule has 8 heteroatoms. The molecule has 0 saturated heterocycles. The molecule has 0 saturated carbocycles. The minimum absolute atomic E-state index is 0.0114. The molecule has 0 amide bonds. The maximum Gasteiger partial charge on any atom is 0.366 e. The predicted molar refractivity (Wildman–Crippen MR) is 69.7 cm³/mol. The Morgan fingerprint density at radius 3 is 2.61 bits per heavy atom. The monoisotopic (exact) mass is 315 g/mol. The van der Waals surface area contributed by atoms with E-state index in [2.05, 4.69) is 26.5 Å². The molecule has 1 aromatic carbocycles. The molecule has 0 fully saturated rings. The molecule has 0 aromatic heterocycles. The molecule has 0 spiro atoms. The average molecular weight is 316 g/mol. The molecule has 7 nitrogen and oxygen atoms in total. The Balaban J connectivity index is 2.65. The Hall–Kier alpha value is -1.96. The Morgan fingerprint density at radius 1 is 1.50 bits per heavy atom. The number of rotatable bonds is 5. The minimum atomic E-state index is -0.591. The number of benzene rings is 1. The summed E-state index contributed by atoms with van der Waals surface area (Å²) in [5.74, 6) is -0.591. The summed E-state index contributed by atoms with van der Waals surface area (Å²) in [6.07, 6.45) is 0. The third kappa shape index (κ3) is 4.13. The van der Waals surface area contributed by atoms with Gasteiger partial charge in [0.15, 0.2) is 0 Å². The number of halogens is 1. The fourth-order valence-corrected chi connectivity index (χ4v) is 1.21. The first kappa shape index (κ1) is 14.1. The number of anilines is 1. The third-order valence-electron chi connectivity index (χ3n) is 1.81. The van der Waals surface area contributed by atoms with Gasteiger partial charge in [-0.05, 0) is 35.0 Å². The van der Waals surface area contributed by atoms with E-state index in [1.165, 1.54) is 24.3 Å². The number of non-ortho nitro benzene ring substituents is 1. The summed E-state index contributed by atoms with van der Waals surface area (Å²) < 4.78 is 4.69. The fourth-order valence-electron chi connectivity index (χ4n) is 1.01. The molecule has 0 atom stereocenters. The van der Waals surface area contributed by atoms with E-state index >= 15 is 0 Å². The van der Waals surface area contributed by atoms with Crippen molar-refractivity contribution in [2.75, 3.05) is 12.0 Å². The largest absolute Gasteiger partial charge is 0.461 e. The molecule has 0 heterocycles. The molecular weight excluding hydrogens is 306 g/mol. The van der Waals surface area contributed by atoms with Gasteiger partial charge in [-0.15, -0.1) is 0 Å². The average Bonchev–Trinajstić information content (AvgIpc) is 2.36. The van der Waals surface area contributed by atoms with E-state index in [0.29, 0.717) is 5.69 Å². The van der Waals surface area contributed by atoms with Crippen molar-refractivity contribution in [3.8, 4) is 0 Å². The molecule has 0 aliphatic carbocycles. The number of nitro groups is 1. The van der Waals surface area contributed by atoms with Crippen molar-refractivity contribution in [3.63, 3.8) is 0 Å². The van der Waals surface area contributed by atoms with E-state index in [1.807, 2.05) is 0 Å². The number of nitrogens with one attached hydrogen (secondary N) is 1. The van der Waals surface area contributed by atoms with Gasteiger partial charge in [0.2, 0.25) is 4.62 Å². The first-order chi connectivity index (χ1) is 8.54. The van der Waals surface area contributed by atoms with Gasteiger partial charge in [-0.25, -0.2) is 4.79 Å². The standard InChI is InChI=1S/C10H10BrN3O4/c1-2-18-10(15)9(11)13-12-7-3-5-8(6-4-7)14(16)17/h3-6,12H,2H2,1H3. The highest BCUT2D eigenvalue weighted by Gasteiger charge is 2.08. The Kier molecular flexibility index (Phi) is 5.25. The number of hydrazone groups is 1. The van der Waals surface area contributed by atoms with Gasteiger partial charge in [0.1, 0.15) is 0 Å². The van der Waals surface area contributed by atoms with Crippen LogP contribution in [0.25, 0.3) is 0 Å². The Labute approximate surface area is 111 Å². The zero-order valence-corrected chi connectivity index (χ0v) is 11.0. The second kappa shape index (κ2) is 6.70. The number of hydrogen-bond acceptors (Lipinski definition) is 6. The molecule has 1 aromatic rings. The van der Waals surface area contributed by atoms with Gasteiger partial charge < -0.3 is 4.74 Å². The van der Waals surface area contributed by atoms with Crippen LogP contribution < -0.4 is 5.43 Å². The van der Waals surface area contributed by atoms with Crippen LogP contribution in [-0.2, 0) is 9.53 Å². The first-order valence-electron chi connectivity index (χ1n) is 4.95. The summed E-state index contributed by atoms with van der Waals surface area (Å²) in [7, 11) is 0. The lowest BCUT2D eigenvalue weighted by atomic mass is 10.3. The topological polar surface area (TPSA) is 93.8 Å². The predicted octanol–water partition coefficient (Wildman–Crippen LogP) is 2.28. The van der Waals surface area contributed by atoms with Crippen LogP contribution in [0.2, 0.25) is 0 Å². The second-order valence-electron chi connectivity index (χ2n) is 3.04. The Morgan fingerprint density at radius 2 is 2.11 bits per heavy atom. The molecule has 0 aliphatic heterocycles. The van der Waals surface area contributed by atoms with Crippen LogP contribution in [0.4, 0.5) is 11.4 Å². The van der Waals surface area contributed by atoms with Crippen molar-refractivity contribution in [1.82, 2.24) is 0 Å². The lowest BCUT2D eigenvalue weighted by molar-refractivity contribution is -0.384. The number of nitrogens with zero attached hydrogens (tertiary/aromatic N) is 2. The van der Waals surface area contributed by atoms with Crippen molar-refractivity contribution in [3.05, 3.63) is 34.4 Å². The molecular formula is C10H10BrN3O4. The van der Waals surface area contributed by atoms with Crippen LogP contribution in [0.1, 0.15) is 6.92 Å². The molecule has 0 bridgehead atoms. The van der Waals surface area contributed by atoms with Crippen LogP contribution >= 0.6 is 15.9 Å². The van der Waals surface area contributed by atoms with Gasteiger partial charge in [0.05, 0.1) is 17.2 Å². The van der Waals surface area contributed by atoms with Crippen molar-refractivity contribution in [1.29, 1.82) is 0 Å². The van der Waals surface area contributed by atoms with Crippen molar-refractivity contribution >= 4 is 37.9 Å². The van der Waals surface area contributed by atoms with Crippen LogP contribution in [0, 0.1) is 10.1 Å². The zero-order valence-electron chi connectivity index (χ0n) is 9.42. The molecule has 1 N–H and O–H groups in total. The molecule has 0 unspecified atom stereocenters. The quantitative estimate of drug-likeness (QED) is 0.389. The van der Waals surface area contributed by atoms with E-state index in [-0.39, 0.29) is 16.9 Å². The number of nitro benzene ring substituents is 1. The number of carbonyl (C=O) groups excluding carboxylic acids is 1. The Bertz CT molecular complexity index is 473. The highest BCUT2D eigenvalue weighted by atomic mass is 79.9. The molecule has 18 heavy (non-hydrogen) atoms. The summed E-state index contributed by atoms with van der Waals surface area (Å²) in [6, 6.07) is 5.62. The highest BCUT2D eigenvalue weighted by Crippen LogP contribution is 2.15. The normalized spacial score (nSPS) is 10.9. The maximum absolute atomic E-state index is 11.2. The lowest BCUT2D eigenvalue weighted by Crippen LogP contribution is -2.12. The molecule has 0 aliphatic rings. The van der Waals surface area contributed by atoms with Gasteiger partial charge in [-0.1, -0.05) is 0 Å². The maximum atomic E-state index is 11.2. The number of carbonyl (C=O) groups is 1. The van der Waals surface area contributed by atoms with Crippen LogP contribution in [0.15, 0.2) is 29.4 Å². The van der Waals surface area contributed by atoms with Crippen LogP contribution in [-0.4, -0.2) is 22.1 Å². The van der Waals surface area contributed by atoms with Gasteiger partial charge in [-0.3, -0.25) is 15.5 Å². The zero-order chi connectivity index (χ0) is 13.5. The summed E-state index contributed by atoms with van der Waals surface area (Å²) >= 11 is 2.94. The summed E-state index contributed by atoms with van der Waals surface area (Å²) in [5, 5.41) is 14.2. The van der Waals surface area contributed by atoms with E-state index < -0.39 is 10.9 Å². The van der Waals surface area contributed by atoms with E-state index in [0.717, 1.165) is 0 Å². The molecule has 0 radical (unpaired) electrons. The SMILES string of the molecule is CCOC(=O)C(Br)=NNc1ccc([N+](=O)[O-])cc1. The van der Waals surface area contributed by atoms with Gasteiger partial charge >= 0.3 is 5.97 Å². The van der Waals surface area contributed by atoms with E-state index in [1.54, 1.807) is 6.92 Å². The number of ether oxygens (including phenoxy) is 1. The van der Waals surface area contributed by atoms with Crippen LogP contribution in [0.3, 0.4) is 0 Å². The highest BCUT2D eigenvalue weighted by molar-refractivity contribution is 9.19. The summed E-state index contributed by atoms with van der Waals surface area (Å²) in [5.41, 5.74) is 3.06. The molecule has 96 valence electrons. The van der Waals surface area contributed by atoms with Gasteiger partial charge in [0, 0.05) is 12.1 Å². The fraction of sp³-hybridized carbons (Fsp3) is 0.200. The molecule has 1 rings (SSSR count). The van der Waals surface area contributed by atoms with E-state index in [9.17, 15) is 14.9 Å².